The summed E-state index contributed by atoms with van der Waals surface area (Å²) in [4.78, 5) is 22.7. The number of aromatic nitrogens is 2. The van der Waals surface area contributed by atoms with E-state index >= 15 is 0 Å². The van der Waals surface area contributed by atoms with E-state index in [1.54, 1.807) is 22.7 Å². The van der Waals surface area contributed by atoms with E-state index in [9.17, 15) is 9.90 Å². The van der Waals surface area contributed by atoms with Crippen molar-refractivity contribution in [1.29, 1.82) is 0 Å². The zero-order chi connectivity index (χ0) is 31.9. The van der Waals surface area contributed by atoms with Crippen LogP contribution < -0.4 is 0 Å². The Morgan fingerprint density at radius 2 is 1.66 bits per heavy atom. The molecular formula is C37H49IrN2O2S2-. The first kappa shape index (κ1) is 38.0. The third kappa shape index (κ3) is 9.91. The number of benzene rings is 1. The largest absolute Gasteiger partial charge is 0.512 e. The molecule has 0 aliphatic carbocycles. The number of aliphatic hydroxyl groups excluding tert-OH is 1. The number of thiazole rings is 1. The second kappa shape index (κ2) is 16.9. The van der Waals surface area contributed by atoms with Gasteiger partial charge < -0.3 is 10.1 Å². The van der Waals surface area contributed by atoms with Crippen molar-refractivity contribution in [2.45, 2.75) is 101 Å². The maximum Gasteiger partial charge on any atom is 0.162 e. The minimum atomic E-state index is 0. The fourth-order valence-corrected chi connectivity index (χ4v) is 7.66. The van der Waals surface area contributed by atoms with Crippen molar-refractivity contribution in [2.24, 2.45) is 17.3 Å². The molecule has 4 rings (SSSR count). The third-order valence-corrected chi connectivity index (χ3v) is 10.2. The number of carbonyl (C=O) groups excluding carboxylic acids is 1. The second-order valence-corrected chi connectivity index (χ2v) is 14.6. The summed E-state index contributed by atoms with van der Waals surface area (Å²) in [5.74, 6) is 0.547. The number of carbonyl (C=O) groups is 1. The average Bonchev–Trinajstić information content (AvgIpc) is 3.52. The molecule has 3 aromatic heterocycles. The van der Waals surface area contributed by atoms with Crippen molar-refractivity contribution < 1.29 is 30.0 Å². The van der Waals surface area contributed by atoms with E-state index in [2.05, 4.69) is 71.2 Å². The quantitative estimate of drug-likeness (QED) is 0.0985. The number of allylic oxidation sites excluding steroid dienone is 2. The first-order chi connectivity index (χ1) is 20.3. The molecule has 0 atom stereocenters. The summed E-state index contributed by atoms with van der Waals surface area (Å²) in [5, 5.41) is 14.4. The first-order valence-corrected chi connectivity index (χ1v) is 17.3. The van der Waals surface area contributed by atoms with Gasteiger partial charge in [0, 0.05) is 60.0 Å². The van der Waals surface area contributed by atoms with Crippen LogP contribution in [0.4, 0.5) is 0 Å². The molecule has 4 aromatic rings. The van der Waals surface area contributed by atoms with Gasteiger partial charge in [0.2, 0.25) is 0 Å². The van der Waals surface area contributed by atoms with E-state index < -0.39 is 0 Å². The number of rotatable bonds is 10. The van der Waals surface area contributed by atoms with Crippen molar-refractivity contribution in [3.63, 3.8) is 0 Å². The van der Waals surface area contributed by atoms with Gasteiger partial charge in [0.1, 0.15) is 5.01 Å². The van der Waals surface area contributed by atoms with Crippen LogP contribution in [-0.4, -0.2) is 20.9 Å². The van der Waals surface area contributed by atoms with E-state index in [-0.39, 0.29) is 48.9 Å². The van der Waals surface area contributed by atoms with Gasteiger partial charge in [-0.3, -0.25) is 4.79 Å². The summed E-state index contributed by atoms with van der Waals surface area (Å²) in [5.41, 5.74) is 7.21. The number of fused-ring (bicyclic) bond motifs is 1. The van der Waals surface area contributed by atoms with E-state index in [1.807, 2.05) is 33.9 Å². The van der Waals surface area contributed by atoms with Crippen molar-refractivity contribution in [1.82, 2.24) is 9.97 Å². The summed E-state index contributed by atoms with van der Waals surface area (Å²) in [6, 6.07) is 9.94. The molecule has 0 amide bonds. The van der Waals surface area contributed by atoms with Crippen LogP contribution >= 0.6 is 22.7 Å². The van der Waals surface area contributed by atoms with Gasteiger partial charge in [-0.05, 0) is 61.5 Å². The van der Waals surface area contributed by atoms with Crippen LogP contribution in [0.15, 0.2) is 41.6 Å². The van der Waals surface area contributed by atoms with Gasteiger partial charge in [-0.25, -0.2) is 4.98 Å². The van der Waals surface area contributed by atoms with Gasteiger partial charge in [0.05, 0.1) is 16.3 Å². The van der Waals surface area contributed by atoms with E-state index in [0.29, 0.717) is 0 Å². The monoisotopic (exact) mass is 810 g/mol. The topological polar surface area (TPSA) is 63.1 Å². The van der Waals surface area contributed by atoms with Gasteiger partial charge in [0.15, 0.2) is 5.78 Å². The maximum absolute atomic E-state index is 11.7. The Morgan fingerprint density at radius 1 is 1.02 bits per heavy atom. The first-order valence-electron chi connectivity index (χ1n) is 15.6. The van der Waals surface area contributed by atoms with E-state index in [1.165, 1.54) is 37.9 Å². The van der Waals surface area contributed by atoms with Crippen molar-refractivity contribution >= 4 is 38.5 Å². The Kier molecular flexibility index (Phi) is 14.6. The molecule has 0 unspecified atom stereocenters. The predicted octanol–water partition coefficient (Wildman–Crippen LogP) is 11.3. The summed E-state index contributed by atoms with van der Waals surface area (Å²) < 4.78 is 1.23. The molecule has 1 N–H and O–H groups in total. The molecule has 0 bridgehead atoms. The zero-order valence-electron chi connectivity index (χ0n) is 28.1. The minimum absolute atomic E-state index is 0. The predicted molar refractivity (Wildman–Crippen MR) is 186 cm³/mol. The molecule has 241 valence electrons. The number of hydrogen-bond acceptors (Lipinski definition) is 6. The van der Waals surface area contributed by atoms with Gasteiger partial charge in [0.25, 0.3) is 0 Å². The van der Waals surface area contributed by atoms with Crippen LogP contribution in [-0.2, 0) is 31.3 Å². The van der Waals surface area contributed by atoms with Crippen molar-refractivity contribution in [2.75, 3.05) is 0 Å². The average molecular weight is 810 g/mol. The van der Waals surface area contributed by atoms with Crippen LogP contribution in [0.25, 0.3) is 31.2 Å². The van der Waals surface area contributed by atoms with Crippen LogP contribution in [0, 0.1) is 44.1 Å². The molecule has 0 fully saturated rings. The molecule has 0 saturated carbocycles. The molecule has 1 aromatic carbocycles. The Bertz CT molecular complexity index is 1530. The molecule has 7 heteroatoms. The van der Waals surface area contributed by atoms with Gasteiger partial charge in [-0.1, -0.05) is 62.3 Å². The van der Waals surface area contributed by atoms with Crippen LogP contribution in [0.5, 0.6) is 0 Å². The standard InChI is InChI=1S/C24H25N2S2.C13H24O2.Ir/c1-14-9-15(2)11-17(10-14)20-22-19(7-8-25-20)16(3)21(28-22)23-26-18(13-27-23)12-24(4,5)6;1-5-10(6-2)12(14)9-13(15)11(7-3)8-4;/h7-10,13H,12H2,1-6H3;9-11,14H,5-8H2,1-4H3;/q-1;;/b;12-9-;. The van der Waals surface area contributed by atoms with Gasteiger partial charge in [-0.2, -0.15) is 0 Å². The second-order valence-electron chi connectivity index (χ2n) is 12.7. The number of aryl methyl sites for hydroxylation is 3. The van der Waals surface area contributed by atoms with Crippen LogP contribution in [0.2, 0.25) is 0 Å². The smallest absolute Gasteiger partial charge is 0.162 e. The van der Waals surface area contributed by atoms with Gasteiger partial charge >= 0.3 is 0 Å². The molecule has 44 heavy (non-hydrogen) atoms. The molecule has 0 spiro atoms. The van der Waals surface area contributed by atoms with E-state index in [4.69, 9.17) is 9.97 Å². The number of hydrogen-bond donors (Lipinski definition) is 1. The van der Waals surface area contributed by atoms with Crippen molar-refractivity contribution in [3.05, 3.63) is 70.1 Å². The molecule has 3 heterocycles. The number of thiophene rings is 1. The van der Waals surface area contributed by atoms with Crippen LogP contribution in [0.3, 0.4) is 0 Å². The molecule has 0 saturated heterocycles. The number of ketones is 1. The zero-order valence-corrected chi connectivity index (χ0v) is 32.1. The number of aliphatic hydroxyl groups is 1. The summed E-state index contributed by atoms with van der Waals surface area (Å²) in [7, 11) is 0. The summed E-state index contributed by atoms with van der Waals surface area (Å²) in [6.07, 6.45) is 7.82. The third-order valence-electron chi connectivity index (χ3n) is 7.80. The number of nitrogens with zero attached hydrogens (tertiary/aromatic N) is 2. The molecule has 0 aliphatic heterocycles. The van der Waals surface area contributed by atoms with Crippen LogP contribution in [0.1, 0.15) is 96.5 Å². The molecule has 1 radical (unpaired) electrons. The molecule has 0 aliphatic rings. The molecular weight excluding hydrogens is 761 g/mol. The van der Waals surface area contributed by atoms with Crippen molar-refractivity contribution in [3.8, 4) is 21.1 Å². The summed E-state index contributed by atoms with van der Waals surface area (Å²) in [6.45, 7) is 21.3. The fourth-order valence-electron chi connectivity index (χ4n) is 5.38. The SMILES string of the molecule is CCC(CC)C(=O)/C=C(\O)C(CC)CC.Cc1[c-]c(-c2nccc3c(C)c(-c4nc(CC(C)(C)C)cs4)sc23)cc(C)c1.[Ir]. The Hall–Kier alpha value is -2.18. The minimum Gasteiger partial charge on any atom is -0.512 e. The summed E-state index contributed by atoms with van der Waals surface area (Å²) >= 11 is 3.56. The fraction of sp³-hybridized carbons (Fsp3) is 0.486. The van der Waals surface area contributed by atoms with Gasteiger partial charge in [-0.15, -0.1) is 57.6 Å². The Morgan fingerprint density at radius 3 is 2.23 bits per heavy atom. The van der Waals surface area contributed by atoms with E-state index in [0.717, 1.165) is 53.9 Å². The number of pyridine rings is 1. The molecule has 4 nitrogen and oxygen atoms in total. The Labute approximate surface area is 286 Å². The Balaban J connectivity index is 0.000000363. The maximum atomic E-state index is 11.7. The normalized spacial score (nSPS) is 12.0.